The molecule has 6 heteroatoms. The van der Waals surface area contributed by atoms with Crippen LogP contribution in [0.2, 0.25) is 0 Å². The van der Waals surface area contributed by atoms with E-state index < -0.39 is 0 Å². The number of carbonyl (C=O) groups is 1. The van der Waals surface area contributed by atoms with E-state index in [4.69, 9.17) is 9.15 Å². The standard InChI is InChI=1S/C18H20N2O3S/c1-13-3-2-4-15(19-13)9-23-16-7-18(24-10-16)11-20(12-18)17(21)14-5-6-22-8-14/h2-6,8,16H,7,9-12H2,1H3/t16-/m1/s1. The minimum absolute atomic E-state index is 0.0586. The molecule has 4 heterocycles. The summed E-state index contributed by atoms with van der Waals surface area (Å²) in [5, 5.41) is 0. The van der Waals surface area contributed by atoms with Crippen molar-refractivity contribution in [1.82, 2.24) is 9.88 Å². The molecule has 126 valence electrons. The Kier molecular flexibility index (Phi) is 4.10. The summed E-state index contributed by atoms with van der Waals surface area (Å²) in [6.45, 7) is 4.14. The highest BCUT2D eigenvalue weighted by Gasteiger charge is 2.51. The Balaban J connectivity index is 1.28. The van der Waals surface area contributed by atoms with E-state index in [0.717, 1.165) is 36.7 Å². The van der Waals surface area contributed by atoms with E-state index in [1.54, 1.807) is 6.07 Å². The van der Waals surface area contributed by atoms with Gasteiger partial charge in [-0.15, -0.1) is 11.8 Å². The number of furan rings is 1. The van der Waals surface area contributed by atoms with Crippen molar-refractivity contribution in [2.24, 2.45) is 0 Å². The van der Waals surface area contributed by atoms with Gasteiger partial charge in [0.15, 0.2) is 0 Å². The first-order valence-electron chi connectivity index (χ1n) is 8.13. The van der Waals surface area contributed by atoms with E-state index in [0.29, 0.717) is 12.2 Å². The van der Waals surface area contributed by atoms with Crippen LogP contribution >= 0.6 is 11.8 Å². The van der Waals surface area contributed by atoms with Crippen LogP contribution in [0.5, 0.6) is 0 Å². The molecule has 1 atom stereocenters. The zero-order valence-electron chi connectivity index (χ0n) is 13.6. The number of carbonyl (C=O) groups excluding carboxylic acids is 1. The molecule has 2 saturated heterocycles. The monoisotopic (exact) mass is 344 g/mol. The maximum absolute atomic E-state index is 12.3. The molecular weight excluding hydrogens is 324 g/mol. The highest BCUT2D eigenvalue weighted by Crippen LogP contribution is 2.46. The van der Waals surface area contributed by atoms with Gasteiger partial charge in [0.25, 0.3) is 5.91 Å². The molecule has 2 aromatic heterocycles. The summed E-state index contributed by atoms with van der Waals surface area (Å²) in [6.07, 6.45) is 4.29. The van der Waals surface area contributed by atoms with E-state index in [9.17, 15) is 4.79 Å². The van der Waals surface area contributed by atoms with Crippen molar-refractivity contribution >= 4 is 17.7 Å². The Labute approximate surface area is 145 Å². The lowest BCUT2D eigenvalue weighted by Crippen LogP contribution is -2.60. The molecule has 2 aliphatic heterocycles. The lowest BCUT2D eigenvalue weighted by molar-refractivity contribution is 0.0244. The average molecular weight is 344 g/mol. The van der Waals surface area contributed by atoms with Crippen molar-refractivity contribution in [1.29, 1.82) is 0 Å². The summed E-state index contributed by atoms with van der Waals surface area (Å²) in [5.41, 5.74) is 2.62. The van der Waals surface area contributed by atoms with Crippen molar-refractivity contribution in [3.63, 3.8) is 0 Å². The predicted octanol–water partition coefficient (Wildman–Crippen LogP) is 2.90. The molecule has 0 saturated carbocycles. The van der Waals surface area contributed by atoms with Gasteiger partial charge < -0.3 is 14.1 Å². The zero-order chi connectivity index (χ0) is 16.6. The van der Waals surface area contributed by atoms with Gasteiger partial charge in [0, 0.05) is 24.5 Å². The number of nitrogens with zero attached hydrogens (tertiary/aromatic N) is 2. The Morgan fingerprint density at radius 2 is 2.33 bits per heavy atom. The van der Waals surface area contributed by atoms with Crippen molar-refractivity contribution in [2.45, 2.75) is 30.8 Å². The molecule has 0 N–H and O–H groups in total. The fourth-order valence-electron chi connectivity index (χ4n) is 3.37. The number of hydrogen-bond acceptors (Lipinski definition) is 5. The summed E-state index contributed by atoms with van der Waals surface area (Å²) >= 11 is 1.93. The number of likely N-dealkylation sites (tertiary alicyclic amines) is 1. The predicted molar refractivity (Wildman–Crippen MR) is 92.0 cm³/mol. The van der Waals surface area contributed by atoms with Crippen LogP contribution < -0.4 is 0 Å². The first-order valence-corrected chi connectivity index (χ1v) is 9.12. The van der Waals surface area contributed by atoms with Crippen molar-refractivity contribution in [2.75, 3.05) is 18.8 Å². The van der Waals surface area contributed by atoms with Crippen LogP contribution in [-0.2, 0) is 11.3 Å². The number of aryl methyl sites for hydroxylation is 1. The maximum atomic E-state index is 12.3. The van der Waals surface area contributed by atoms with Crippen molar-refractivity contribution < 1.29 is 13.9 Å². The minimum Gasteiger partial charge on any atom is -0.472 e. The molecule has 0 unspecified atom stereocenters. The van der Waals surface area contributed by atoms with Gasteiger partial charge in [-0.1, -0.05) is 6.07 Å². The molecule has 0 aliphatic carbocycles. The molecular formula is C18H20N2O3S. The molecule has 0 aromatic carbocycles. The Morgan fingerprint density at radius 3 is 3.08 bits per heavy atom. The van der Waals surface area contributed by atoms with Crippen LogP contribution in [0, 0.1) is 6.92 Å². The van der Waals surface area contributed by atoms with Crippen LogP contribution in [-0.4, -0.2) is 45.5 Å². The van der Waals surface area contributed by atoms with E-state index >= 15 is 0 Å². The fraction of sp³-hybridized carbons (Fsp3) is 0.444. The molecule has 0 bridgehead atoms. The number of hydrogen-bond donors (Lipinski definition) is 0. The normalized spacial score (nSPS) is 21.9. The van der Waals surface area contributed by atoms with E-state index in [2.05, 4.69) is 4.98 Å². The van der Waals surface area contributed by atoms with Crippen molar-refractivity contribution in [3.05, 3.63) is 53.7 Å². The summed E-state index contributed by atoms with van der Waals surface area (Å²) in [7, 11) is 0. The molecule has 2 fully saturated rings. The zero-order valence-corrected chi connectivity index (χ0v) is 14.4. The largest absolute Gasteiger partial charge is 0.472 e. The quantitative estimate of drug-likeness (QED) is 0.854. The van der Waals surface area contributed by atoms with Gasteiger partial charge in [0.1, 0.15) is 6.26 Å². The molecule has 1 spiro atoms. The number of aromatic nitrogens is 1. The van der Waals surface area contributed by atoms with Gasteiger partial charge in [-0.05, 0) is 31.5 Å². The number of pyridine rings is 1. The molecule has 2 aliphatic rings. The first kappa shape index (κ1) is 15.7. The number of rotatable bonds is 4. The number of ether oxygens (including phenoxy) is 1. The smallest absolute Gasteiger partial charge is 0.257 e. The van der Waals surface area contributed by atoms with Crippen LogP contribution in [0.3, 0.4) is 0 Å². The minimum atomic E-state index is 0.0586. The van der Waals surface area contributed by atoms with Gasteiger partial charge in [-0.2, -0.15) is 0 Å². The molecule has 5 nitrogen and oxygen atoms in total. The van der Waals surface area contributed by atoms with E-state index in [1.165, 1.54) is 12.5 Å². The Hall–Kier alpha value is -1.79. The van der Waals surface area contributed by atoms with Crippen LogP contribution in [0.4, 0.5) is 0 Å². The van der Waals surface area contributed by atoms with Crippen LogP contribution in [0.1, 0.15) is 28.2 Å². The van der Waals surface area contributed by atoms with Crippen LogP contribution in [0.25, 0.3) is 0 Å². The summed E-state index contributed by atoms with van der Waals surface area (Å²) < 4.78 is 11.2. The number of amides is 1. The Bertz CT molecular complexity index is 726. The lowest BCUT2D eigenvalue weighted by atomic mass is 9.92. The van der Waals surface area contributed by atoms with Crippen molar-refractivity contribution in [3.8, 4) is 0 Å². The topological polar surface area (TPSA) is 55.6 Å². The molecule has 24 heavy (non-hydrogen) atoms. The number of thioether (sulfide) groups is 1. The highest BCUT2D eigenvalue weighted by atomic mass is 32.2. The summed E-state index contributed by atoms with van der Waals surface area (Å²) in [5.74, 6) is 1.04. The van der Waals surface area contributed by atoms with Gasteiger partial charge in [-0.25, -0.2) is 0 Å². The average Bonchev–Trinajstić information content (AvgIpc) is 3.21. The molecule has 0 radical (unpaired) electrons. The Morgan fingerprint density at radius 1 is 1.46 bits per heavy atom. The SMILES string of the molecule is Cc1cccc(CO[C@H]2CSC3(C2)CN(C(=O)c2ccoc2)C3)n1. The third-order valence-electron chi connectivity index (χ3n) is 4.60. The molecule has 1 amide bonds. The lowest BCUT2D eigenvalue weighted by Gasteiger charge is -2.47. The second kappa shape index (κ2) is 6.26. The van der Waals surface area contributed by atoms with E-state index in [-0.39, 0.29) is 16.8 Å². The second-order valence-corrected chi connectivity index (χ2v) is 8.06. The molecule has 2 aromatic rings. The van der Waals surface area contributed by atoms with Gasteiger partial charge in [0.2, 0.25) is 0 Å². The third kappa shape index (κ3) is 3.08. The second-order valence-electron chi connectivity index (χ2n) is 6.57. The molecule has 4 rings (SSSR count). The third-order valence-corrected chi connectivity index (χ3v) is 6.18. The summed E-state index contributed by atoms with van der Waals surface area (Å²) in [6, 6.07) is 7.72. The van der Waals surface area contributed by atoms with Gasteiger partial charge >= 0.3 is 0 Å². The highest BCUT2D eigenvalue weighted by molar-refractivity contribution is 8.01. The maximum Gasteiger partial charge on any atom is 0.257 e. The fourth-order valence-corrected chi connectivity index (χ4v) is 4.93. The van der Waals surface area contributed by atoms with Gasteiger partial charge in [-0.3, -0.25) is 9.78 Å². The van der Waals surface area contributed by atoms with Crippen LogP contribution in [0.15, 0.2) is 41.2 Å². The first-order chi connectivity index (χ1) is 11.6. The van der Waals surface area contributed by atoms with Gasteiger partial charge in [0.05, 0.1) is 35.0 Å². The van der Waals surface area contributed by atoms with E-state index in [1.807, 2.05) is 41.8 Å². The summed E-state index contributed by atoms with van der Waals surface area (Å²) in [4.78, 5) is 18.6.